The van der Waals surface area contributed by atoms with E-state index in [0.717, 1.165) is 48.5 Å². The predicted molar refractivity (Wildman–Crippen MR) is 62.2 cm³/mol. The molecule has 1 N–H and O–H groups in total. The quantitative estimate of drug-likeness (QED) is 0.863. The molecule has 17 heavy (non-hydrogen) atoms. The summed E-state index contributed by atoms with van der Waals surface area (Å²) in [4.78, 5) is 4.55. The van der Waals surface area contributed by atoms with Crippen LogP contribution in [0, 0.1) is 23.7 Å². The number of nitrogens with zero attached hydrogens (tertiary/aromatic N) is 2. The van der Waals surface area contributed by atoms with E-state index in [2.05, 4.69) is 22.4 Å². The van der Waals surface area contributed by atoms with Crippen LogP contribution < -0.4 is 5.32 Å². The van der Waals surface area contributed by atoms with Crippen LogP contribution in [0.15, 0.2) is 4.52 Å². The number of hydrogen-bond donors (Lipinski definition) is 1. The van der Waals surface area contributed by atoms with Gasteiger partial charge in [0.1, 0.15) is 0 Å². The molecule has 4 unspecified atom stereocenters. The molecule has 0 spiro atoms. The maximum absolute atomic E-state index is 5.45. The first-order valence-corrected chi connectivity index (χ1v) is 6.91. The molecule has 4 heteroatoms. The van der Waals surface area contributed by atoms with Crippen LogP contribution in [0.25, 0.3) is 0 Å². The molecule has 3 fully saturated rings. The summed E-state index contributed by atoms with van der Waals surface area (Å²) < 4.78 is 5.45. The molecule has 4 rings (SSSR count). The van der Waals surface area contributed by atoms with Gasteiger partial charge in [-0.25, -0.2) is 0 Å². The van der Waals surface area contributed by atoms with Gasteiger partial charge in [-0.05, 0) is 49.5 Å². The Bertz CT molecular complexity index is 414. The zero-order valence-corrected chi connectivity index (χ0v) is 10.2. The second-order valence-corrected chi connectivity index (χ2v) is 5.84. The van der Waals surface area contributed by atoms with Crippen molar-refractivity contribution in [2.75, 3.05) is 6.54 Å². The maximum atomic E-state index is 5.45. The molecule has 3 aliphatic rings. The highest BCUT2D eigenvalue weighted by Gasteiger charge is 2.67. The molecule has 3 saturated carbocycles. The summed E-state index contributed by atoms with van der Waals surface area (Å²) in [5.74, 6) is 6.08. The minimum Gasteiger partial charge on any atom is -0.339 e. The van der Waals surface area contributed by atoms with Crippen LogP contribution in [0.4, 0.5) is 0 Å². The second-order valence-electron chi connectivity index (χ2n) is 5.84. The Balaban J connectivity index is 1.48. The summed E-state index contributed by atoms with van der Waals surface area (Å²) in [6.45, 7) is 3.77. The molecule has 0 amide bonds. The van der Waals surface area contributed by atoms with E-state index >= 15 is 0 Å². The third-order valence-corrected chi connectivity index (χ3v) is 5.04. The van der Waals surface area contributed by atoms with Crippen molar-refractivity contribution in [1.82, 2.24) is 15.5 Å². The molecule has 92 valence electrons. The highest BCUT2D eigenvalue weighted by Crippen LogP contribution is 2.72. The molecule has 4 nitrogen and oxygen atoms in total. The summed E-state index contributed by atoms with van der Waals surface area (Å²) in [6.07, 6.45) is 4.37. The third-order valence-electron chi connectivity index (χ3n) is 5.04. The molecule has 0 aliphatic heterocycles. The van der Waals surface area contributed by atoms with Gasteiger partial charge in [-0.2, -0.15) is 4.98 Å². The average Bonchev–Trinajstić information content (AvgIpc) is 2.78. The van der Waals surface area contributed by atoms with Crippen molar-refractivity contribution >= 4 is 0 Å². The number of nitrogens with one attached hydrogen (secondary N) is 1. The number of rotatable bonds is 4. The van der Waals surface area contributed by atoms with Gasteiger partial charge in [0.05, 0.1) is 6.54 Å². The molecule has 0 aromatic carbocycles. The van der Waals surface area contributed by atoms with Crippen LogP contribution >= 0.6 is 0 Å². The molecule has 1 aromatic heterocycles. The van der Waals surface area contributed by atoms with Crippen molar-refractivity contribution < 1.29 is 4.52 Å². The van der Waals surface area contributed by atoms with E-state index in [1.807, 2.05) is 0 Å². The lowest BCUT2D eigenvalue weighted by molar-refractivity contribution is 0.351. The summed E-state index contributed by atoms with van der Waals surface area (Å²) in [5.41, 5.74) is 0. The van der Waals surface area contributed by atoms with Crippen LogP contribution in [0.1, 0.15) is 43.8 Å². The van der Waals surface area contributed by atoms with Crippen LogP contribution in [-0.4, -0.2) is 16.7 Å². The van der Waals surface area contributed by atoms with E-state index in [1.165, 1.54) is 19.3 Å². The summed E-state index contributed by atoms with van der Waals surface area (Å²) in [5, 5.41) is 7.30. The lowest BCUT2D eigenvalue weighted by Gasteiger charge is -2.04. The average molecular weight is 233 g/mol. The normalized spacial score (nSPS) is 41.8. The summed E-state index contributed by atoms with van der Waals surface area (Å²) in [7, 11) is 0. The van der Waals surface area contributed by atoms with Crippen LogP contribution in [0.3, 0.4) is 0 Å². The lowest BCUT2D eigenvalue weighted by Crippen LogP contribution is -2.12. The van der Waals surface area contributed by atoms with Gasteiger partial charge in [0.25, 0.3) is 0 Å². The monoisotopic (exact) mass is 233 g/mol. The van der Waals surface area contributed by atoms with Gasteiger partial charge in [-0.15, -0.1) is 0 Å². The Morgan fingerprint density at radius 1 is 1.29 bits per heavy atom. The molecular weight excluding hydrogens is 214 g/mol. The minimum absolute atomic E-state index is 0.615. The van der Waals surface area contributed by atoms with Gasteiger partial charge in [-0.1, -0.05) is 12.1 Å². The lowest BCUT2D eigenvalue weighted by atomic mass is 10.0. The van der Waals surface area contributed by atoms with Crippen LogP contribution in [-0.2, 0) is 6.54 Å². The summed E-state index contributed by atoms with van der Waals surface area (Å²) >= 11 is 0. The van der Waals surface area contributed by atoms with Gasteiger partial charge >= 0.3 is 0 Å². The Hall–Kier alpha value is -0.900. The van der Waals surface area contributed by atoms with Gasteiger partial charge in [0.2, 0.25) is 5.89 Å². The zero-order valence-electron chi connectivity index (χ0n) is 10.2. The van der Waals surface area contributed by atoms with E-state index in [1.54, 1.807) is 0 Å². The molecule has 2 bridgehead atoms. The smallest absolute Gasteiger partial charge is 0.230 e. The summed E-state index contributed by atoms with van der Waals surface area (Å²) in [6, 6.07) is 0. The largest absolute Gasteiger partial charge is 0.339 e. The SMILES string of the molecule is CCNCc1noc(C2C3C4CCC(C4)C23)n1. The van der Waals surface area contributed by atoms with Crippen molar-refractivity contribution in [3.8, 4) is 0 Å². The van der Waals surface area contributed by atoms with E-state index in [-0.39, 0.29) is 0 Å². The topological polar surface area (TPSA) is 51.0 Å². The van der Waals surface area contributed by atoms with Crippen molar-refractivity contribution in [1.29, 1.82) is 0 Å². The fraction of sp³-hybridized carbons (Fsp3) is 0.846. The minimum atomic E-state index is 0.615. The molecular formula is C13H19N3O. The predicted octanol–water partition coefficient (Wildman–Crippen LogP) is 1.94. The molecule has 4 atom stereocenters. The Morgan fingerprint density at radius 2 is 2.06 bits per heavy atom. The van der Waals surface area contributed by atoms with E-state index in [0.29, 0.717) is 5.92 Å². The van der Waals surface area contributed by atoms with E-state index in [4.69, 9.17) is 4.52 Å². The van der Waals surface area contributed by atoms with Crippen molar-refractivity contribution in [2.24, 2.45) is 23.7 Å². The molecule has 0 saturated heterocycles. The molecule has 0 radical (unpaired) electrons. The number of fused-ring (bicyclic) bond motifs is 5. The number of hydrogen-bond acceptors (Lipinski definition) is 4. The maximum Gasteiger partial charge on any atom is 0.230 e. The Morgan fingerprint density at radius 3 is 2.76 bits per heavy atom. The van der Waals surface area contributed by atoms with Gasteiger partial charge in [0.15, 0.2) is 5.82 Å². The van der Waals surface area contributed by atoms with Crippen LogP contribution in [0.2, 0.25) is 0 Å². The van der Waals surface area contributed by atoms with Gasteiger partial charge < -0.3 is 9.84 Å². The fourth-order valence-electron chi connectivity index (χ4n) is 4.37. The van der Waals surface area contributed by atoms with Crippen molar-refractivity contribution in [2.45, 2.75) is 38.6 Å². The molecule has 1 heterocycles. The highest BCUT2D eigenvalue weighted by molar-refractivity contribution is 5.22. The molecule has 1 aromatic rings. The first kappa shape index (κ1) is 10.1. The molecule has 3 aliphatic carbocycles. The fourth-order valence-corrected chi connectivity index (χ4v) is 4.37. The third kappa shape index (κ3) is 1.39. The zero-order chi connectivity index (χ0) is 11.4. The van der Waals surface area contributed by atoms with E-state index < -0.39 is 0 Å². The standard InChI is InChI=1S/C13H19N3O/c1-2-14-6-9-15-13(17-16-9)12-10-7-3-4-8(5-7)11(10)12/h7-8,10-12,14H,2-6H2,1H3. The first-order chi connectivity index (χ1) is 8.38. The van der Waals surface area contributed by atoms with Gasteiger partial charge in [0, 0.05) is 5.92 Å². The van der Waals surface area contributed by atoms with E-state index in [9.17, 15) is 0 Å². The Kier molecular flexibility index (Phi) is 2.10. The van der Waals surface area contributed by atoms with Crippen molar-refractivity contribution in [3.63, 3.8) is 0 Å². The Labute approximate surface area is 101 Å². The van der Waals surface area contributed by atoms with Crippen molar-refractivity contribution in [3.05, 3.63) is 11.7 Å². The number of aromatic nitrogens is 2. The van der Waals surface area contributed by atoms with Gasteiger partial charge in [-0.3, -0.25) is 0 Å². The van der Waals surface area contributed by atoms with Crippen LogP contribution in [0.5, 0.6) is 0 Å². The second kappa shape index (κ2) is 3.55. The first-order valence-electron chi connectivity index (χ1n) is 6.91. The highest BCUT2D eigenvalue weighted by atomic mass is 16.5.